The van der Waals surface area contributed by atoms with Crippen LogP contribution in [0.5, 0.6) is 5.75 Å². The average Bonchev–Trinajstić information content (AvgIpc) is 2.74. The number of halogens is 2. The van der Waals surface area contributed by atoms with Gasteiger partial charge in [0.15, 0.2) is 0 Å². The largest absolute Gasteiger partial charge is 0.494 e. The summed E-state index contributed by atoms with van der Waals surface area (Å²) in [6.45, 7) is 1.63. The number of hydrogen-bond acceptors (Lipinski definition) is 4. The van der Waals surface area contributed by atoms with Crippen molar-refractivity contribution in [2.75, 3.05) is 7.11 Å². The second kappa shape index (κ2) is 9.57. The fourth-order valence-corrected chi connectivity index (χ4v) is 3.41. The zero-order chi connectivity index (χ0) is 22.5. The number of pyridine rings is 1. The maximum atomic E-state index is 13.7. The van der Waals surface area contributed by atoms with Gasteiger partial charge in [-0.25, -0.2) is 9.37 Å². The number of nitrogens with zero attached hydrogens (tertiary/aromatic N) is 1. The van der Waals surface area contributed by atoms with E-state index >= 15 is 0 Å². The fraction of sp³-hybridized carbons (Fsp3) is 0.174. The van der Waals surface area contributed by atoms with Crippen molar-refractivity contribution in [2.45, 2.75) is 19.4 Å². The molecule has 0 saturated carbocycles. The Morgan fingerprint density at radius 2 is 1.94 bits per heavy atom. The van der Waals surface area contributed by atoms with E-state index in [0.29, 0.717) is 33.2 Å². The number of aromatic nitrogens is 1. The van der Waals surface area contributed by atoms with E-state index in [1.165, 1.54) is 19.2 Å². The van der Waals surface area contributed by atoms with Gasteiger partial charge >= 0.3 is 5.97 Å². The third-order valence-corrected chi connectivity index (χ3v) is 5.05. The molecule has 1 heterocycles. The van der Waals surface area contributed by atoms with Gasteiger partial charge in [0.25, 0.3) is 5.91 Å². The van der Waals surface area contributed by atoms with Crippen LogP contribution in [-0.2, 0) is 4.79 Å². The Bertz CT molecular complexity index is 1140. The van der Waals surface area contributed by atoms with E-state index in [4.69, 9.17) is 16.3 Å². The summed E-state index contributed by atoms with van der Waals surface area (Å²) in [5.74, 6) is -1.60. The summed E-state index contributed by atoms with van der Waals surface area (Å²) in [4.78, 5) is 28.6. The summed E-state index contributed by atoms with van der Waals surface area (Å²) in [5.41, 5.74) is 1.92. The number of carboxylic acid groups (broad SMARTS) is 1. The minimum atomic E-state index is -1.09. The SMILES string of the molecule is COc1ccc(C(=O)NC(CC(=O)O)c2ccccc2Cl)nc1-c1ccc(F)c(C)c1. The number of benzene rings is 2. The summed E-state index contributed by atoms with van der Waals surface area (Å²) in [6, 6.07) is 13.4. The number of hydrogen-bond donors (Lipinski definition) is 2. The Labute approximate surface area is 183 Å². The van der Waals surface area contributed by atoms with Crippen LogP contribution in [0.2, 0.25) is 5.02 Å². The lowest BCUT2D eigenvalue weighted by molar-refractivity contribution is -0.137. The fourth-order valence-electron chi connectivity index (χ4n) is 3.14. The monoisotopic (exact) mass is 442 g/mol. The summed E-state index contributed by atoms with van der Waals surface area (Å²) in [5, 5.41) is 12.3. The predicted octanol–water partition coefficient (Wildman–Crippen LogP) is 4.80. The van der Waals surface area contributed by atoms with Crippen molar-refractivity contribution in [2.24, 2.45) is 0 Å². The number of methoxy groups -OCH3 is 1. The molecule has 31 heavy (non-hydrogen) atoms. The Hall–Kier alpha value is -3.45. The van der Waals surface area contributed by atoms with Crippen molar-refractivity contribution in [3.63, 3.8) is 0 Å². The van der Waals surface area contributed by atoms with Gasteiger partial charge in [-0.15, -0.1) is 0 Å². The summed E-state index contributed by atoms with van der Waals surface area (Å²) in [7, 11) is 1.47. The highest BCUT2D eigenvalue weighted by Gasteiger charge is 2.22. The maximum absolute atomic E-state index is 13.7. The van der Waals surface area contributed by atoms with Crippen molar-refractivity contribution >= 4 is 23.5 Å². The van der Waals surface area contributed by atoms with E-state index in [1.807, 2.05) is 0 Å². The first-order chi connectivity index (χ1) is 14.8. The number of aryl methyl sites for hydroxylation is 1. The molecule has 3 rings (SSSR count). The normalized spacial score (nSPS) is 11.6. The lowest BCUT2D eigenvalue weighted by Crippen LogP contribution is -2.31. The first-order valence-electron chi connectivity index (χ1n) is 9.38. The van der Waals surface area contributed by atoms with Crippen molar-refractivity contribution in [3.8, 4) is 17.0 Å². The summed E-state index contributed by atoms with van der Waals surface area (Å²) >= 11 is 6.20. The van der Waals surface area contributed by atoms with E-state index in [1.54, 1.807) is 49.4 Å². The molecule has 2 aromatic carbocycles. The number of amides is 1. The number of carboxylic acids is 1. The number of nitrogens with one attached hydrogen (secondary N) is 1. The molecule has 0 radical (unpaired) electrons. The van der Waals surface area contributed by atoms with Crippen LogP contribution in [0.4, 0.5) is 4.39 Å². The third-order valence-electron chi connectivity index (χ3n) is 4.71. The van der Waals surface area contributed by atoms with Crippen molar-refractivity contribution in [3.05, 3.63) is 82.3 Å². The topological polar surface area (TPSA) is 88.5 Å². The first-order valence-corrected chi connectivity index (χ1v) is 9.76. The minimum absolute atomic E-state index is 0.0558. The number of carbonyl (C=O) groups is 2. The van der Waals surface area contributed by atoms with E-state index < -0.39 is 17.9 Å². The second-order valence-electron chi connectivity index (χ2n) is 6.86. The quantitative estimate of drug-likeness (QED) is 0.548. The minimum Gasteiger partial charge on any atom is -0.494 e. The van der Waals surface area contributed by atoms with Crippen LogP contribution in [0.15, 0.2) is 54.6 Å². The molecule has 0 bridgehead atoms. The number of aliphatic carboxylic acids is 1. The van der Waals surface area contributed by atoms with Gasteiger partial charge in [-0.3, -0.25) is 9.59 Å². The van der Waals surface area contributed by atoms with Crippen LogP contribution in [-0.4, -0.2) is 29.1 Å². The van der Waals surface area contributed by atoms with Crippen molar-refractivity contribution in [1.29, 1.82) is 0 Å². The Morgan fingerprint density at radius 1 is 1.19 bits per heavy atom. The van der Waals surface area contributed by atoms with E-state index in [9.17, 15) is 19.1 Å². The molecule has 1 amide bonds. The van der Waals surface area contributed by atoms with Crippen molar-refractivity contribution < 1.29 is 23.8 Å². The van der Waals surface area contributed by atoms with Crippen LogP contribution >= 0.6 is 11.6 Å². The molecule has 2 N–H and O–H groups in total. The Balaban J connectivity index is 1.95. The van der Waals surface area contributed by atoms with E-state index in [2.05, 4.69) is 10.3 Å². The molecule has 0 spiro atoms. The van der Waals surface area contributed by atoms with Gasteiger partial charge in [0.2, 0.25) is 0 Å². The molecule has 160 valence electrons. The van der Waals surface area contributed by atoms with Gasteiger partial charge in [0.1, 0.15) is 23.0 Å². The van der Waals surface area contributed by atoms with Gasteiger partial charge in [0, 0.05) is 10.6 Å². The van der Waals surface area contributed by atoms with Gasteiger partial charge in [-0.1, -0.05) is 29.8 Å². The molecule has 0 aliphatic rings. The molecule has 1 unspecified atom stereocenters. The zero-order valence-corrected chi connectivity index (χ0v) is 17.6. The summed E-state index contributed by atoms with van der Waals surface area (Å²) in [6.07, 6.45) is -0.352. The third kappa shape index (κ3) is 5.19. The van der Waals surface area contributed by atoms with Crippen LogP contribution < -0.4 is 10.1 Å². The number of ether oxygens (including phenoxy) is 1. The average molecular weight is 443 g/mol. The van der Waals surface area contributed by atoms with Crippen LogP contribution in [0.3, 0.4) is 0 Å². The van der Waals surface area contributed by atoms with Crippen molar-refractivity contribution in [1.82, 2.24) is 10.3 Å². The number of carbonyl (C=O) groups excluding carboxylic acids is 1. The lowest BCUT2D eigenvalue weighted by atomic mass is 10.0. The van der Waals surface area contributed by atoms with E-state index in [0.717, 1.165) is 0 Å². The van der Waals surface area contributed by atoms with Crippen LogP contribution in [0, 0.1) is 12.7 Å². The highest BCUT2D eigenvalue weighted by atomic mass is 35.5. The molecule has 8 heteroatoms. The second-order valence-corrected chi connectivity index (χ2v) is 7.26. The highest BCUT2D eigenvalue weighted by Crippen LogP contribution is 2.30. The standard InChI is InChI=1S/C23H20ClFN2O4/c1-13-11-14(7-8-17(13)25)22-20(31-2)10-9-18(26-22)23(30)27-19(12-21(28)29)15-5-3-4-6-16(15)24/h3-11,19H,12H2,1-2H3,(H,27,30)(H,28,29). The van der Waals surface area contributed by atoms with Gasteiger partial charge in [-0.05, 0) is 54.4 Å². The summed E-state index contributed by atoms with van der Waals surface area (Å²) < 4.78 is 19.0. The highest BCUT2D eigenvalue weighted by molar-refractivity contribution is 6.31. The molecular formula is C23H20ClFN2O4. The molecule has 6 nitrogen and oxygen atoms in total. The van der Waals surface area contributed by atoms with Crippen LogP contribution in [0.1, 0.15) is 34.1 Å². The molecule has 0 aliphatic carbocycles. The predicted molar refractivity (Wildman–Crippen MR) is 115 cm³/mol. The zero-order valence-electron chi connectivity index (χ0n) is 16.9. The Kier molecular flexibility index (Phi) is 6.87. The molecule has 0 saturated heterocycles. The van der Waals surface area contributed by atoms with Gasteiger partial charge < -0.3 is 15.2 Å². The lowest BCUT2D eigenvalue weighted by Gasteiger charge is -2.19. The Morgan fingerprint density at radius 3 is 2.58 bits per heavy atom. The molecule has 3 aromatic rings. The van der Waals surface area contributed by atoms with Gasteiger partial charge in [0.05, 0.1) is 19.6 Å². The maximum Gasteiger partial charge on any atom is 0.305 e. The molecule has 0 aliphatic heterocycles. The number of rotatable bonds is 7. The molecule has 1 atom stereocenters. The molecular weight excluding hydrogens is 423 g/mol. The van der Waals surface area contributed by atoms with Gasteiger partial charge in [-0.2, -0.15) is 0 Å². The van der Waals surface area contributed by atoms with Crippen LogP contribution in [0.25, 0.3) is 11.3 Å². The first kappa shape index (κ1) is 22.2. The van der Waals surface area contributed by atoms with E-state index in [-0.39, 0.29) is 17.9 Å². The molecule has 0 fully saturated rings. The molecule has 1 aromatic heterocycles. The smallest absolute Gasteiger partial charge is 0.305 e.